The third kappa shape index (κ3) is 2.40. The smallest absolute Gasteiger partial charge is 0.0473 e. The predicted molar refractivity (Wildman–Crippen MR) is 82.7 cm³/mol. The lowest BCUT2D eigenvalue weighted by Crippen LogP contribution is -1.87. The van der Waals surface area contributed by atoms with Crippen LogP contribution in [0.2, 0.25) is 0 Å². The number of benzene rings is 1. The number of hydrogen-bond donors (Lipinski definition) is 0. The van der Waals surface area contributed by atoms with Crippen molar-refractivity contribution in [1.29, 1.82) is 0 Å². The average Bonchev–Trinajstić information content (AvgIpc) is 2.08. The highest BCUT2D eigenvalue weighted by atomic mass is 127. The summed E-state index contributed by atoms with van der Waals surface area (Å²) in [5.74, 6) is 0. The molecule has 0 heterocycles. The van der Waals surface area contributed by atoms with E-state index in [0.29, 0.717) is 0 Å². The van der Waals surface area contributed by atoms with Crippen molar-refractivity contribution in [2.45, 2.75) is 0 Å². The Morgan fingerprint density at radius 3 is 0.917 bits per heavy atom. The Labute approximate surface area is 131 Å². The SMILES string of the molecule is Brc1c(Br)c(I)c(Br)c(Br)c1I. The summed E-state index contributed by atoms with van der Waals surface area (Å²) in [6.45, 7) is 0. The Morgan fingerprint density at radius 2 is 0.750 bits per heavy atom. The summed E-state index contributed by atoms with van der Waals surface area (Å²) in [5.41, 5.74) is 0. The molecule has 0 saturated carbocycles. The molecule has 1 rings (SSSR count). The molecule has 0 amide bonds. The third-order valence-electron chi connectivity index (χ3n) is 1.16. The van der Waals surface area contributed by atoms with Gasteiger partial charge in [-0.3, -0.25) is 0 Å². The largest absolute Gasteiger partial charge is 0.0484 e. The van der Waals surface area contributed by atoms with Crippen molar-refractivity contribution in [2.24, 2.45) is 0 Å². The maximum absolute atomic E-state index is 3.50. The quantitative estimate of drug-likeness (QED) is 0.186. The molecule has 0 fully saturated rings. The lowest BCUT2D eigenvalue weighted by atomic mass is 10.4. The van der Waals surface area contributed by atoms with Crippen LogP contribution in [0, 0.1) is 7.14 Å². The Balaban J connectivity index is 3.60. The van der Waals surface area contributed by atoms with Crippen molar-refractivity contribution < 1.29 is 0 Å². The van der Waals surface area contributed by atoms with E-state index in [4.69, 9.17) is 0 Å². The van der Waals surface area contributed by atoms with Gasteiger partial charge >= 0.3 is 0 Å². The maximum Gasteiger partial charge on any atom is 0.0473 e. The van der Waals surface area contributed by atoms with Gasteiger partial charge in [0.1, 0.15) is 0 Å². The molecule has 1 aromatic carbocycles. The second-order valence-electron chi connectivity index (χ2n) is 1.88. The van der Waals surface area contributed by atoms with E-state index in [1.54, 1.807) is 0 Å². The lowest BCUT2D eigenvalue weighted by molar-refractivity contribution is 1.41. The van der Waals surface area contributed by atoms with E-state index >= 15 is 0 Å². The fraction of sp³-hybridized carbons (Fsp3) is 0. The molecule has 0 unspecified atom stereocenters. The maximum atomic E-state index is 3.50. The van der Waals surface area contributed by atoms with E-state index in [-0.39, 0.29) is 0 Å². The minimum Gasteiger partial charge on any atom is -0.0484 e. The van der Waals surface area contributed by atoms with Crippen molar-refractivity contribution >= 4 is 109 Å². The highest BCUT2D eigenvalue weighted by Crippen LogP contribution is 2.42. The molecular formula is C6Br4I2. The van der Waals surface area contributed by atoms with Gasteiger partial charge in [-0.1, -0.05) is 0 Å². The minimum absolute atomic E-state index is 1.09. The topological polar surface area (TPSA) is 0 Å². The van der Waals surface area contributed by atoms with Crippen LogP contribution in [-0.4, -0.2) is 0 Å². The molecular weight excluding hydrogens is 645 g/mol. The van der Waals surface area contributed by atoms with Crippen LogP contribution in [0.15, 0.2) is 17.9 Å². The van der Waals surface area contributed by atoms with Gasteiger partial charge in [0, 0.05) is 25.0 Å². The van der Waals surface area contributed by atoms with Gasteiger partial charge in [0.15, 0.2) is 0 Å². The Bertz CT molecular complexity index is 232. The van der Waals surface area contributed by atoms with Crippen LogP contribution in [0.3, 0.4) is 0 Å². The van der Waals surface area contributed by atoms with Gasteiger partial charge in [0.25, 0.3) is 0 Å². The number of hydrogen-bond acceptors (Lipinski definition) is 0. The molecule has 0 saturated heterocycles. The Morgan fingerprint density at radius 1 is 0.583 bits per heavy atom. The van der Waals surface area contributed by atoms with E-state index in [9.17, 15) is 0 Å². The molecule has 0 N–H and O–H groups in total. The molecule has 0 aromatic heterocycles. The summed E-state index contributed by atoms with van der Waals surface area (Å²) in [5, 5.41) is 0. The van der Waals surface area contributed by atoms with Crippen molar-refractivity contribution in [1.82, 2.24) is 0 Å². The van der Waals surface area contributed by atoms with Gasteiger partial charge in [-0.25, -0.2) is 0 Å². The zero-order valence-electron chi connectivity index (χ0n) is 5.27. The molecule has 12 heavy (non-hydrogen) atoms. The van der Waals surface area contributed by atoms with Crippen LogP contribution < -0.4 is 0 Å². The molecule has 0 aliphatic carbocycles. The molecule has 0 bridgehead atoms. The summed E-state index contributed by atoms with van der Waals surface area (Å²) in [7, 11) is 0. The average molecular weight is 645 g/mol. The molecule has 66 valence electrons. The summed E-state index contributed by atoms with van der Waals surface area (Å²) >= 11 is 18.6. The Hall–Kier alpha value is 2.60. The molecule has 0 spiro atoms. The first-order valence-electron chi connectivity index (χ1n) is 2.63. The second kappa shape index (κ2) is 5.09. The van der Waals surface area contributed by atoms with E-state index in [1.165, 1.54) is 0 Å². The normalized spacial score (nSPS) is 10.5. The van der Waals surface area contributed by atoms with Gasteiger partial charge < -0.3 is 0 Å². The van der Waals surface area contributed by atoms with Gasteiger partial charge in [-0.2, -0.15) is 0 Å². The molecule has 0 aliphatic rings. The van der Waals surface area contributed by atoms with Gasteiger partial charge in [0.05, 0.1) is 0 Å². The van der Waals surface area contributed by atoms with E-state index in [0.717, 1.165) is 25.0 Å². The zero-order chi connectivity index (χ0) is 9.46. The highest BCUT2D eigenvalue weighted by Gasteiger charge is 2.14. The molecule has 0 atom stereocenters. The molecule has 1 aromatic rings. The first kappa shape index (κ1) is 12.7. The third-order valence-corrected chi connectivity index (χ3v) is 10.5. The first-order chi connectivity index (χ1) is 5.46. The van der Waals surface area contributed by atoms with Crippen LogP contribution in [0.25, 0.3) is 0 Å². The van der Waals surface area contributed by atoms with Crippen LogP contribution in [0.1, 0.15) is 0 Å². The van der Waals surface area contributed by atoms with E-state index in [2.05, 4.69) is 109 Å². The van der Waals surface area contributed by atoms with Crippen molar-refractivity contribution in [3.63, 3.8) is 0 Å². The molecule has 0 aliphatic heterocycles. The predicted octanol–water partition coefficient (Wildman–Crippen LogP) is 5.95. The minimum atomic E-state index is 1.09. The fourth-order valence-electron chi connectivity index (χ4n) is 0.578. The zero-order valence-corrected chi connectivity index (χ0v) is 15.9. The van der Waals surface area contributed by atoms with Crippen LogP contribution in [0.5, 0.6) is 0 Å². The van der Waals surface area contributed by atoms with Crippen molar-refractivity contribution in [2.75, 3.05) is 0 Å². The summed E-state index contributed by atoms with van der Waals surface area (Å²) in [6, 6.07) is 0. The van der Waals surface area contributed by atoms with Gasteiger partial charge in [-0.15, -0.1) is 0 Å². The summed E-state index contributed by atoms with van der Waals surface area (Å²) in [4.78, 5) is 0. The lowest BCUT2D eigenvalue weighted by Gasteiger charge is -2.08. The van der Waals surface area contributed by atoms with Crippen LogP contribution >= 0.6 is 109 Å². The van der Waals surface area contributed by atoms with Gasteiger partial charge in [0.2, 0.25) is 0 Å². The van der Waals surface area contributed by atoms with Crippen LogP contribution in [0.4, 0.5) is 0 Å². The molecule has 0 radical (unpaired) electrons. The second-order valence-corrected chi connectivity index (χ2v) is 7.21. The summed E-state index contributed by atoms with van der Waals surface area (Å²) in [6.07, 6.45) is 0. The number of rotatable bonds is 0. The van der Waals surface area contributed by atoms with E-state index in [1.807, 2.05) is 0 Å². The number of halogens is 6. The Kier molecular flexibility index (Phi) is 5.37. The van der Waals surface area contributed by atoms with Crippen molar-refractivity contribution in [3.05, 3.63) is 25.0 Å². The fourth-order valence-corrected chi connectivity index (χ4v) is 5.26. The first-order valence-corrected chi connectivity index (χ1v) is 7.96. The highest BCUT2D eigenvalue weighted by molar-refractivity contribution is 14.1. The van der Waals surface area contributed by atoms with Crippen LogP contribution in [-0.2, 0) is 0 Å². The van der Waals surface area contributed by atoms with Gasteiger partial charge in [-0.05, 0) is 109 Å². The summed E-state index contributed by atoms with van der Waals surface area (Å²) < 4.78 is 6.66. The molecule has 0 nitrogen and oxygen atoms in total. The monoisotopic (exact) mass is 641 g/mol. The van der Waals surface area contributed by atoms with Crippen molar-refractivity contribution in [3.8, 4) is 0 Å². The molecule has 6 heteroatoms. The van der Waals surface area contributed by atoms with E-state index < -0.39 is 0 Å². The standard InChI is InChI=1S/C6Br4I2/c7-1-2(8)6(12)4(10)3(9)5(1)11.